The second-order valence-electron chi connectivity index (χ2n) is 4.11. The molecule has 0 aromatic rings. The largest absolute Gasteiger partial charge is 0.385 e. The quantitative estimate of drug-likeness (QED) is 0.582. The van der Waals surface area contributed by atoms with Crippen molar-refractivity contribution in [3.63, 3.8) is 0 Å². The first-order chi connectivity index (χ1) is 6.62. The number of ether oxygens (including phenoxy) is 2. The van der Waals surface area contributed by atoms with Gasteiger partial charge in [0.1, 0.15) is 0 Å². The molecule has 0 amide bonds. The van der Waals surface area contributed by atoms with Gasteiger partial charge in [-0.1, -0.05) is 13.3 Å². The zero-order valence-corrected chi connectivity index (χ0v) is 9.84. The maximum atomic E-state index is 6.06. The minimum Gasteiger partial charge on any atom is -0.385 e. The monoisotopic (exact) mass is 203 g/mol. The lowest BCUT2D eigenvalue weighted by atomic mass is 9.94. The Morgan fingerprint density at radius 3 is 2.43 bits per heavy atom. The molecule has 0 aromatic heterocycles. The molecule has 3 nitrogen and oxygen atoms in total. The van der Waals surface area contributed by atoms with E-state index < -0.39 is 0 Å². The highest BCUT2D eigenvalue weighted by atomic mass is 16.5. The third kappa shape index (κ3) is 8.48. The smallest absolute Gasteiger partial charge is 0.0487 e. The van der Waals surface area contributed by atoms with Crippen molar-refractivity contribution in [2.75, 3.05) is 26.9 Å². The topological polar surface area (TPSA) is 44.5 Å². The van der Waals surface area contributed by atoms with Crippen LogP contribution in [0.1, 0.15) is 39.5 Å². The Morgan fingerprint density at radius 2 is 1.86 bits per heavy atom. The standard InChI is InChI=1S/C11H25NO2/c1-4-6-11(2,12)7-10-14-9-5-8-13-3/h4-10,12H2,1-3H3. The van der Waals surface area contributed by atoms with E-state index in [1.165, 1.54) is 0 Å². The molecular weight excluding hydrogens is 178 g/mol. The van der Waals surface area contributed by atoms with Gasteiger partial charge in [0.2, 0.25) is 0 Å². The summed E-state index contributed by atoms with van der Waals surface area (Å²) >= 11 is 0. The molecule has 0 heterocycles. The first-order valence-electron chi connectivity index (χ1n) is 5.48. The molecular formula is C11H25NO2. The fraction of sp³-hybridized carbons (Fsp3) is 1.00. The van der Waals surface area contributed by atoms with E-state index in [-0.39, 0.29) is 5.54 Å². The van der Waals surface area contributed by atoms with Gasteiger partial charge in [0.25, 0.3) is 0 Å². The van der Waals surface area contributed by atoms with Crippen LogP contribution in [-0.2, 0) is 9.47 Å². The molecule has 1 unspecified atom stereocenters. The van der Waals surface area contributed by atoms with Gasteiger partial charge < -0.3 is 15.2 Å². The molecule has 0 aliphatic rings. The summed E-state index contributed by atoms with van der Waals surface area (Å²) in [5, 5.41) is 0. The summed E-state index contributed by atoms with van der Waals surface area (Å²) in [6.07, 6.45) is 4.10. The van der Waals surface area contributed by atoms with Crippen molar-refractivity contribution in [2.45, 2.75) is 45.1 Å². The molecule has 0 saturated heterocycles. The van der Waals surface area contributed by atoms with Gasteiger partial charge in [-0.25, -0.2) is 0 Å². The van der Waals surface area contributed by atoms with E-state index in [2.05, 4.69) is 13.8 Å². The van der Waals surface area contributed by atoms with Gasteiger partial charge in [0.15, 0.2) is 0 Å². The van der Waals surface area contributed by atoms with Crippen molar-refractivity contribution < 1.29 is 9.47 Å². The summed E-state index contributed by atoms with van der Waals surface area (Å²) in [4.78, 5) is 0. The highest BCUT2D eigenvalue weighted by Crippen LogP contribution is 2.12. The van der Waals surface area contributed by atoms with E-state index in [1.54, 1.807) is 7.11 Å². The summed E-state index contributed by atoms with van der Waals surface area (Å²) in [7, 11) is 1.71. The fourth-order valence-electron chi connectivity index (χ4n) is 1.41. The first-order valence-corrected chi connectivity index (χ1v) is 5.48. The van der Waals surface area contributed by atoms with Crippen molar-refractivity contribution in [3.8, 4) is 0 Å². The van der Waals surface area contributed by atoms with E-state index in [9.17, 15) is 0 Å². The van der Waals surface area contributed by atoms with Crippen molar-refractivity contribution in [1.29, 1.82) is 0 Å². The Labute approximate surface area is 88.0 Å². The van der Waals surface area contributed by atoms with Gasteiger partial charge in [0.05, 0.1) is 0 Å². The number of hydrogen-bond donors (Lipinski definition) is 1. The predicted octanol–water partition coefficient (Wildman–Crippen LogP) is 1.95. The predicted molar refractivity (Wildman–Crippen MR) is 59.4 cm³/mol. The number of rotatable bonds is 9. The van der Waals surface area contributed by atoms with Crippen LogP contribution < -0.4 is 5.73 Å². The molecule has 1 atom stereocenters. The zero-order chi connectivity index (χ0) is 10.9. The van der Waals surface area contributed by atoms with Crippen LogP contribution in [0.2, 0.25) is 0 Å². The Morgan fingerprint density at radius 1 is 1.14 bits per heavy atom. The number of methoxy groups -OCH3 is 1. The third-order valence-corrected chi connectivity index (χ3v) is 2.28. The lowest BCUT2D eigenvalue weighted by molar-refractivity contribution is 0.0907. The highest BCUT2D eigenvalue weighted by molar-refractivity contribution is 4.77. The molecule has 0 aromatic carbocycles. The summed E-state index contributed by atoms with van der Waals surface area (Å²) in [6, 6.07) is 0. The summed E-state index contributed by atoms with van der Waals surface area (Å²) in [5.41, 5.74) is 6.00. The molecule has 86 valence electrons. The molecule has 0 spiro atoms. The van der Waals surface area contributed by atoms with Crippen molar-refractivity contribution >= 4 is 0 Å². The molecule has 0 bridgehead atoms. The lowest BCUT2D eigenvalue weighted by Crippen LogP contribution is -2.37. The average Bonchev–Trinajstić information content (AvgIpc) is 2.11. The van der Waals surface area contributed by atoms with Crippen LogP contribution in [0.3, 0.4) is 0 Å². The average molecular weight is 203 g/mol. The summed E-state index contributed by atoms with van der Waals surface area (Å²) < 4.78 is 10.4. The molecule has 0 fully saturated rings. The van der Waals surface area contributed by atoms with Crippen LogP contribution in [0, 0.1) is 0 Å². The molecule has 0 saturated carbocycles. The maximum Gasteiger partial charge on any atom is 0.0487 e. The van der Waals surface area contributed by atoms with E-state index in [1.807, 2.05) is 0 Å². The Kier molecular flexibility index (Phi) is 8.14. The van der Waals surface area contributed by atoms with Gasteiger partial charge in [-0.3, -0.25) is 0 Å². The van der Waals surface area contributed by atoms with Gasteiger partial charge in [0, 0.05) is 32.5 Å². The van der Waals surface area contributed by atoms with Gasteiger partial charge in [-0.2, -0.15) is 0 Å². The lowest BCUT2D eigenvalue weighted by Gasteiger charge is -2.23. The normalized spacial score (nSPS) is 15.4. The third-order valence-electron chi connectivity index (χ3n) is 2.28. The van der Waals surface area contributed by atoms with Gasteiger partial charge in [-0.15, -0.1) is 0 Å². The minimum atomic E-state index is -0.0595. The molecule has 0 aliphatic carbocycles. The highest BCUT2D eigenvalue weighted by Gasteiger charge is 2.16. The van der Waals surface area contributed by atoms with E-state index in [0.29, 0.717) is 0 Å². The zero-order valence-electron chi connectivity index (χ0n) is 9.84. The Hall–Kier alpha value is -0.120. The Bertz CT molecular complexity index is 126. The van der Waals surface area contributed by atoms with Gasteiger partial charge in [-0.05, 0) is 26.2 Å². The van der Waals surface area contributed by atoms with E-state index in [4.69, 9.17) is 15.2 Å². The molecule has 2 N–H and O–H groups in total. The van der Waals surface area contributed by atoms with Crippen LogP contribution in [0.4, 0.5) is 0 Å². The molecule has 3 heteroatoms. The second-order valence-corrected chi connectivity index (χ2v) is 4.11. The summed E-state index contributed by atoms with van der Waals surface area (Å²) in [5.74, 6) is 0. The SMILES string of the molecule is CCCC(C)(N)CCOCCCOC. The van der Waals surface area contributed by atoms with Gasteiger partial charge >= 0.3 is 0 Å². The van der Waals surface area contributed by atoms with Crippen LogP contribution in [0.25, 0.3) is 0 Å². The number of nitrogens with two attached hydrogens (primary N) is 1. The molecule has 0 radical (unpaired) electrons. The van der Waals surface area contributed by atoms with Crippen molar-refractivity contribution in [1.82, 2.24) is 0 Å². The minimum absolute atomic E-state index is 0.0595. The summed E-state index contributed by atoms with van der Waals surface area (Å²) in [6.45, 7) is 6.56. The fourth-order valence-corrected chi connectivity index (χ4v) is 1.41. The van der Waals surface area contributed by atoms with E-state index >= 15 is 0 Å². The molecule has 0 aliphatic heterocycles. The molecule has 14 heavy (non-hydrogen) atoms. The first kappa shape index (κ1) is 13.9. The van der Waals surface area contributed by atoms with Crippen LogP contribution >= 0.6 is 0 Å². The van der Waals surface area contributed by atoms with Crippen molar-refractivity contribution in [2.24, 2.45) is 5.73 Å². The van der Waals surface area contributed by atoms with Crippen LogP contribution in [0.5, 0.6) is 0 Å². The Balaban J connectivity index is 3.26. The van der Waals surface area contributed by atoms with E-state index in [0.717, 1.165) is 45.5 Å². The molecule has 0 rings (SSSR count). The number of hydrogen-bond acceptors (Lipinski definition) is 3. The maximum absolute atomic E-state index is 6.06. The van der Waals surface area contributed by atoms with Crippen molar-refractivity contribution in [3.05, 3.63) is 0 Å². The second kappa shape index (κ2) is 8.21. The van der Waals surface area contributed by atoms with Crippen LogP contribution in [-0.4, -0.2) is 32.5 Å². The van der Waals surface area contributed by atoms with Crippen LogP contribution in [0.15, 0.2) is 0 Å².